The van der Waals surface area contributed by atoms with E-state index in [9.17, 15) is 18.3 Å². The second-order valence-corrected chi connectivity index (χ2v) is 4.75. The molecule has 0 heterocycles. The van der Waals surface area contributed by atoms with E-state index in [0.29, 0.717) is 0 Å². The number of aliphatic hydroxyl groups excluding tert-OH is 1. The van der Waals surface area contributed by atoms with Gasteiger partial charge in [0.25, 0.3) is 0 Å². The summed E-state index contributed by atoms with van der Waals surface area (Å²) in [5.41, 5.74) is 5.02. The third kappa shape index (κ3) is 3.39. The number of rotatable bonds is 5. The minimum atomic E-state index is -4.49. The summed E-state index contributed by atoms with van der Waals surface area (Å²) in [5.74, 6) is -0.0552. The number of hydrogen-bond acceptors (Lipinski definition) is 3. The summed E-state index contributed by atoms with van der Waals surface area (Å²) in [5, 5.41) is 9.24. The van der Waals surface area contributed by atoms with E-state index in [1.165, 1.54) is 18.2 Å². The fourth-order valence-electron chi connectivity index (χ4n) is 1.99. The van der Waals surface area contributed by atoms with Gasteiger partial charge in [-0.3, -0.25) is 0 Å². The molecule has 1 fully saturated rings. The van der Waals surface area contributed by atoms with Crippen molar-refractivity contribution in [2.75, 3.05) is 6.61 Å². The Balaban J connectivity index is 2.17. The minimum Gasteiger partial charge on any atom is -0.486 e. The van der Waals surface area contributed by atoms with Crippen molar-refractivity contribution in [2.45, 2.75) is 31.2 Å². The number of benzene rings is 1. The van der Waals surface area contributed by atoms with E-state index in [2.05, 4.69) is 0 Å². The van der Waals surface area contributed by atoms with Gasteiger partial charge in [-0.05, 0) is 30.9 Å². The van der Waals surface area contributed by atoms with E-state index in [0.717, 1.165) is 18.9 Å². The van der Waals surface area contributed by atoms with E-state index in [1.807, 2.05) is 0 Å². The highest BCUT2D eigenvalue weighted by molar-refractivity contribution is 5.35. The van der Waals surface area contributed by atoms with Crippen molar-refractivity contribution >= 4 is 0 Å². The third-order valence-electron chi connectivity index (χ3n) is 3.25. The first kappa shape index (κ1) is 14.1. The molecule has 2 unspecified atom stereocenters. The van der Waals surface area contributed by atoms with Gasteiger partial charge in [-0.25, -0.2) is 0 Å². The van der Waals surface area contributed by atoms with Crippen LogP contribution >= 0.6 is 0 Å². The fraction of sp³-hybridized carbons (Fsp3) is 0.538. The normalized spacial score (nSPS) is 19.0. The summed E-state index contributed by atoms with van der Waals surface area (Å²) in [7, 11) is 0. The lowest BCUT2D eigenvalue weighted by Gasteiger charge is -2.24. The zero-order valence-corrected chi connectivity index (χ0v) is 10.2. The van der Waals surface area contributed by atoms with Crippen LogP contribution in [0.5, 0.6) is 5.75 Å². The van der Waals surface area contributed by atoms with Crippen LogP contribution in [0.15, 0.2) is 24.3 Å². The monoisotopic (exact) mass is 275 g/mol. The number of halogens is 3. The summed E-state index contributed by atoms with van der Waals surface area (Å²) >= 11 is 0. The number of ether oxygens (including phenoxy) is 1. The van der Waals surface area contributed by atoms with Crippen LogP contribution < -0.4 is 10.5 Å². The Kier molecular flexibility index (Phi) is 4.01. The van der Waals surface area contributed by atoms with E-state index in [-0.39, 0.29) is 11.7 Å². The van der Waals surface area contributed by atoms with Gasteiger partial charge >= 0.3 is 6.18 Å². The van der Waals surface area contributed by atoms with Gasteiger partial charge in [0.2, 0.25) is 0 Å². The molecule has 0 spiro atoms. The van der Waals surface area contributed by atoms with Crippen LogP contribution in [0.25, 0.3) is 0 Å². The van der Waals surface area contributed by atoms with Crippen molar-refractivity contribution in [3.63, 3.8) is 0 Å². The van der Waals surface area contributed by atoms with Crippen LogP contribution in [0.4, 0.5) is 13.2 Å². The third-order valence-corrected chi connectivity index (χ3v) is 3.25. The first-order valence-corrected chi connectivity index (χ1v) is 6.13. The van der Waals surface area contributed by atoms with Crippen molar-refractivity contribution in [3.8, 4) is 5.75 Å². The van der Waals surface area contributed by atoms with Gasteiger partial charge < -0.3 is 15.6 Å². The molecule has 1 aromatic carbocycles. The van der Waals surface area contributed by atoms with E-state index < -0.39 is 30.5 Å². The van der Waals surface area contributed by atoms with Gasteiger partial charge in [0.1, 0.15) is 11.9 Å². The van der Waals surface area contributed by atoms with Crippen LogP contribution in [0.1, 0.15) is 18.4 Å². The predicted molar refractivity (Wildman–Crippen MR) is 63.6 cm³/mol. The van der Waals surface area contributed by atoms with Gasteiger partial charge in [-0.15, -0.1) is 0 Å². The molecular formula is C13H16F3NO2. The van der Waals surface area contributed by atoms with Gasteiger partial charge in [-0.1, -0.05) is 12.1 Å². The van der Waals surface area contributed by atoms with Crippen molar-refractivity contribution in [3.05, 3.63) is 29.8 Å². The Morgan fingerprint density at radius 3 is 2.47 bits per heavy atom. The quantitative estimate of drug-likeness (QED) is 0.866. The molecule has 106 valence electrons. The molecule has 0 saturated heterocycles. The molecule has 0 aromatic heterocycles. The highest BCUT2D eigenvalue weighted by atomic mass is 19.4. The van der Waals surface area contributed by atoms with Crippen LogP contribution in [-0.2, 0) is 6.18 Å². The molecule has 1 aromatic rings. The lowest BCUT2D eigenvalue weighted by Crippen LogP contribution is -2.43. The van der Waals surface area contributed by atoms with Crippen molar-refractivity contribution in [2.24, 2.45) is 11.7 Å². The minimum absolute atomic E-state index is 0.232. The first-order chi connectivity index (χ1) is 8.93. The molecular weight excluding hydrogens is 259 g/mol. The maximum absolute atomic E-state index is 12.8. The van der Waals surface area contributed by atoms with Crippen molar-refractivity contribution in [1.82, 2.24) is 0 Å². The maximum atomic E-state index is 12.8. The smallest absolute Gasteiger partial charge is 0.419 e. The largest absolute Gasteiger partial charge is 0.486 e. The Hall–Kier alpha value is -1.27. The molecule has 2 atom stereocenters. The van der Waals surface area contributed by atoms with Gasteiger partial charge in [0.15, 0.2) is 0 Å². The lowest BCUT2D eigenvalue weighted by molar-refractivity contribution is -0.139. The second-order valence-electron chi connectivity index (χ2n) is 4.75. The van der Waals surface area contributed by atoms with Crippen LogP contribution in [0, 0.1) is 5.92 Å². The summed E-state index contributed by atoms with van der Waals surface area (Å²) in [6, 6.07) is 4.51. The Labute approximate surface area is 109 Å². The van der Waals surface area contributed by atoms with E-state index in [4.69, 9.17) is 10.5 Å². The van der Waals surface area contributed by atoms with Crippen LogP contribution in [-0.4, -0.2) is 23.9 Å². The average Bonchev–Trinajstić information content (AvgIpc) is 3.18. The summed E-state index contributed by atoms with van der Waals surface area (Å²) < 4.78 is 43.7. The highest BCUT2D eigenvalue weighted by Gasteiger charge is 2.38. The topological polar surface area (TPSA) is 55.5 Å². The molecule has 2 rings (SSSR count). The maximum Gasteiger partial charge on any atom is 0.419 e. The first-order valence-electron chi connectivity index (χ1n) is 6.13. The zero-order valence-electron chi connectivity index (χ0n) is 10.2. The molecule has 1 saturated carbocycles. The number of nitrogens with two attached hydrogens (primary N) is 1. The van der Waals surface area contributed by atoms with E-state index >= 15 is 0 Å². The highest BCUT2D eigenvalue weighted by Crippen LogP contribution is 2.38. The summed E-state index contributed by atoms with van der Waals surface area (Å²) in [4.78, 5) is 0. The standard InChI is InChI=1S/C13H16F3NO2/c14-13(15,16)9-3-1-2-4-10(9)19-11(7-18)12(17)8-5-6-8/h1-4,8,11-12,18H,5-7,17H2. The fourth-order valence-corrected chi connectivity index (χ4v) is 1.99. The molecule has 6 heteroatoms. The molecule has 3 nitrogen and oxygen atoms in total. The van der Waals surface area contributed by atoms with Crippen LogP contribution in [0.2, 0.25) is 0 Å². The molecule has 0 amide bonds. The molecule has 1 aliphatic rings. The Bertz CT molecular complexity index is 432. The summed E-state index contributed by atoms with van der Waals surface area (Å²) in [6.45, 7) is -0.399. The molecule has 19 heavy (non-hydrogen) atoms. The number of alkyl halides is 3. The molecule has 0 bridgehead atoms. The molecule has 3 N–H and O–H groups in total. The second kappa shape index (κ2) is 5.38. The molecule has 0 radical (unpaired) electrons. The number of hydrogen-bond donors (Lipinski definition) is 2. The Morgan fingerprint density at radius 1 is 1.32 bits per heavy atom. The number of aliphatic hydroxyl groups is 1. The predicted octanol–water partition coefficient (Wildman–Crippen LogP) is 2.18. The molecule has 0 aliphatic heterocycles. The van der Waals surface area contributed by atoms with Crippen LogP contribution in [0.3, 0.4) is 0 Å². The van der Waals surface area contributed by atoms with E-state index in [1.54, 1.807) is 0 Å². The SMILES string of the molecule is NC(C1CC1)C(CO)Oc1ccccc1C(F)(F)F. The average molecular weight is 275 g/mol. The molecule has 1 aliphatic carbocycles. The Morgan fingerprint density at radius 2 is 1.95 bits per heavy atom. The van der Waals surface area contributed by atoms with Crippen molar-refractivity contribution in [1.29, 1.82) is 0 Å². The number of para-hydroxylation sites is 1. The summed E-state index contributed by atoms with van der Waals surface area (Å²) in [6.07, 6.45) is -3.43. The van der Waals surface area contributed by atoms with Gasteiger partial charge in [0.05, 0.1) is 12.2 Å². The lowest BCUT2D eigenvalue weighted by atomic mass is 10.1. The van der Waals surface area contributed by atoms with Gasteiger partial charge in [0, 0.05) is 6.04 Å². The van der Waals surface area contributed by atoms with Gasteiger partial charge in [-0.2, -0.15) is 13.2 Å². The zero-order chi connectivity index (χ0) is 14.0. The van der Waals surface area contributed by atoms with Crippen molar-refractivity contribution < 1.29 is 23.0 Å².